The largest absolute Gasteiger partial charge is 0.332 e. The highest BCUT2D eigenvalue weighted by Crippen LogP contribution is 2.32. The van der Waals surface area contributed by atoms with E-state index in [9.17, 15) is 13.2 Å². The number of para-hydroxylation sites is 2. The number of imidazole rings is 1. The lowest BCUT2D eigenvalue weighted by molar-refractivity contribution is -0.133. The van der Waals surface area contributed by atoms with Gasteiger partial charge in [0.25, 0.3) is 0 Å². The lowest BCUT2D eigenvalue weighted by Gasteiger charge is -2.22. The molecule has 2 heterocycles. The first-order chi connectivity index (χ1) is 15.4. The maximum atomic E-state index is 13.5. The molecule has 0 spiro atoms. The number of amides is 1. The van der Waals surface area contributed by atoms with Crippen LogP contribution in [0.5, 0.6) is 0 Å². The maximum absolute atomic E-state index is 13.5. The van der Waals surface area contributed by atoms with Crippen molar-refractivity contribution in [2.75, 3.05) is 6.26 Å². The quantitative estimate of drug-likeness (QED) is 0.479. The van der Waals surface area contributed by atoms with E-state index in [2.05, 4.69) is 29.2 Å². The predicted molar refractivity (Wildman–Crippen MR) is 124 cm³/mol. The van der Waals surface area contributed by atoms with Crippen molar-refractivity contribution in [3.63, 3.8) is 0 Å². The molecule has 1 aliphatic rings. The third-order valence-corrected chi connectivity index (χ3v) is 6.60. The Morgan fingerprint density at radius 3 is 2.06 bits per heavy atom. The predicted octanol–water partition coefficient (Wildman–Crippen LogP) is 3.79. The molecule has 4 aromatic rings. The van der Waals surface area contributed by atoms with Gasteiger partial charge in [-0.15, -0.1) is 0 Å². The van der Waals surface area contributed by atoms with Crippen molar-refractivity contribution in [3.05, 3.63) is 89.7 Å². The summed E-state index contributed by atoms with van der Waals surface area (Å²) in [6.45, 7) is 1.03. The molecule has 1 amide bonds. The molecule has 5 rings (SSSR count). The van der Waals surface area contributed by atoms with Gasteiger partial charge in [0.15, 0.2) is 9.84 Å². The van der Waals surface area contributed by atoms with E-state index >= 15 is 0 Å². The average molecular weight is 446 g/mol. The molecule has 0 atom stereocenters. The number of hydrogen-bond donors (Lipinski definition) is 0. The monoisotopic (exact) mass is 445 g/mol. The molecular weight excluding hydrogens is 422 g/mol. The highest BCUT2D eigenvalue weighted by Gasteiger charge is 2.24. The minimum atomic E-state index is -3.30. The van der Waals surface area contributed by atoms with Crippen LogP contribution in [0.15, 0.2) is 72.8 Å². The molecule has 0 radical (unpaired) electrons. The molecule has 0 saturated heterocycles. The van der Waals surface area contributed by atoms with Crippen LogP contribution in [-0.4, -0.2) is 35.0 Å². The molecule has 0 fully saturated rings. The van der Waals surface area contributed by atoms with E-state index in [1.807, 2.05) is 53.4 Å². The Morgan fingerprint density at radius 1 is 0.875 bits per heavy atom. The molecule has 0 bridgehead atoms. The van der Waals surface area contributed by atoms with Gasteiger partial charge in [-0.2, -0.15) is 0 Å². The van der Waals surface area contributed by atoms with Crippen molar-refractivity contribution >= 4 is 26.8 Å². The van der Waals surface area contributed by atoms with Gasteiger partial charge >= 0.3 is 0 Å². The average Bonchev–Trinajstić information content (AvgIpc) is 2.98. The normalized spacial score (nSPS) is 13.5. The van der Waals surface area contributed by atoms with Gasteiger partial charge in [0.2, 0.25) is 5.91 Å². The highest BCUT2D eigenvalue weighted by atomic mass is 32.2. The first-order valence-corrected chi connectivity index (χ1v) is 12.5. The van der Waals surface area contributed by atoms with Crippen LogP contribution in [0.2, 0.25) is 0 Å². The number of carbonyl (C=O) groups is 1. The summed E-state index contributed by atoms with van der Waals surface area (Å²) in [4.78, 5) is 19.9. The van der Waals surface area contributed by atoms with Gasteiger partial charge in [0.05, 0.1) is 11.0 Å². The van der Waals surface area contributed by atoms with Crippen LogP contribution in [0.1, 0.15) is 17.0 Å². The molecule has 1 aromatic heterocycles. The third kappa shape index (κ3) is 3.91. The number of sulfone groups is 1. The van der Waals surface area contributed by atoms with Crippen molar-refractivity contribution < 1.29 is 13.2 Å². The fraction of sp³-hybridized carbons (Fsp3) is 0.200. The molecule has 0 saturated carbocycles. The van der Waals surface area contributed by atoms with Crippen molar-refractivity contribution in [1.82, 2.24) is 14.5 Å². The SMILES string of the molecule is CS(=O)(=O)Cc1nc2ccccc2n1CC(=O)N1Cc2ccccc2-c2ccccc2C1. The third-order valence-electron chi connectivity index (χ3n) is 5.82. The Bertz CT molecular complexity index is 1390. The number of aromatic nitrogens is 2. The first kappa shape index (κ1) is 20.5. The van der Waals surface area contributed by atoms with E-state index in [1.165, 1.54) is 6.26 Å². The van der Waals surface area contributed by atoms with E-state index in [4.69, 9.17) is 0 Å². The van der Waals surface area contributed by atoms with Gasteiger partial charge in [-0.1, -0.05) is 60.7 Å². The Labute approximate surface area is 187 Å². The fourth-order valence-electron chi connectivity index (χ4n) is 4.37. The summed E-state index contributed by atoms with van der Waals surface area (Å²) in [7, 11) is -3.30. The summed E-state index contributed by atoms with van der Waals surface area (Å²) in [5.74, 6) is 0.104. The second-order valence-corrected chi connectivity index (χ2v) is 10.4. The fourth-order valence-corrected chi connectivity index (χ4v) is 5.06. The minimum absolute atomic E-state index is 0.0374. The summed E-state index contributed by atoms with van der Waals surface area (Å²) < 4.78 is 25.7. The molecule has 7 heteroatoms. The van der Waals surface area contributed by atoms with Crippen LogP contribution < -0.4 is 0 Å². The number of benzene rings is 3. The lowest BCUT2D eigenvalue weighted by atomic mass is 9.97. The van der Waals surface area contributed by atoms with E-state index in [-0.39, 0.29) is 18.2 Å². The zero-order valence-corrected chi connectivity index (χ0v) is 18.5. The molecular formula is C25H23N3O3S. The molecule has 0 N–H and O–H groups in total. The highest BCUT2D eigenvalue weighted by molar-refractivity contribution is 7.89. The molecule has 32 heavy (non-hydrogen) atoms. The number of hydrogen-bond acceptors (Lipinski definition) is 4. The van der Waals surface area contributed by atoms with E-state index in [0.29, 0.717) is 24.4 Å². The van der Waals surface area contributed by atoms with Crippen molar-refractivity contribution in [2.24, 2.45) is 0 Å². The summed E-state index contributed by atoms with van der Waals surface area (Å²) in [5.41, 5.74) is 5.92. The van der Waals surface area contributed by atoms with Gasteiger partial charge < -0.3 is 9.47 Å². The van der Waals surface area contributed by atoms with Crippen LogP contribution in [0.3, 0.4) is 0 Å². The van der Waals surface area contributed by atoms with E-state index in [0.717, 1.165) is 27.8 Å². The van der Waals surface area contributed by atoms with Gasteiger partial charge in [-0.05, 0) is 34.4 Å². The smallest absolute Gasteiger partial charge is 0.243 e. The van der Waals surface area contributed by atoms with Gasteiger partial charge in [0.1, 0.15) is 18.1 Å². The van der Waals surface area contributed by atoms with Crippen molar-refractivity contribution in [2.45, 2.75) is 25.4 Å². The van der Waals surface area contributed by atoms with Crippen LogP contribution in [0.4, 0.5) is 0 Å². The van der Waals surface area contributed by atoms with Crippen LogP contribution >= 0.6 is 0 Å². The number of nitrogens with zero attached hydrogens (tertiary/aromatic N) is 3. The summed E-state index contributed by atoms with van der Waals surface area (Å²) in [6, 6.07) is 23.7. The van der Waals surface area contributed by atoms with E-state index in [1.54, 1.807) is 4.57 Å². The molecule has 6 nitrogen and oxygen atoms in total. The molecule has 1 aliphatic heterocycles. The first-order valence-electron chi connectivity index (χ1n) is 10.4. The second-order valence-electron chi connectivity index (χ2n) is 8.24. The standard InChI is InChI=1S/C25H23N3O3S/c1-32(30,31)17-24-26-22-12-6-7-13-23(22)28(24)16-25(29)27-14-18-8-2-4-10-20(18)21-11-5-3-9-19(21)15-27/h2-13H,14-17H2,1H3. The van der Waals surface area contributed by atoms with Crippen molar-refractivity contribution in [3.8, 4) is 11.1 Å². The van der Waals surface area contributed by atoms with Crippen LogP contribution in [0, 0.1) is 0 Å². The zero-order chi connectivity index (χ0) is 22.3. The number of carbonyl (C=O) groups excluding carboxylic acids is 1. The Balaban J connectivity index is 1.53. The van der Waals surface area contributed by atoms with Crippen LogP contribution in [-0.2, 0) is 40.0 Å². The molecule has 162 valence electrons. The lowest BCUT2D eigenvalue weighted by Crippen LogP contribution is -2.33. The molecule has 0 unspecified atom stereocenters. The number of rotatable bonds is 4. The Morgan fingerprint density at radius 2 is 1.44 bits per heavy atom. The Kier molecular flexibility index (Phi) is 5.06. The molecule has 3 aromatic carbocycles. The van der Waals surface area contributed by atoms with Gasteiger partial charge in [-0.3, -0.25) is 4.79 Å². The zero-order valence-electron chi connectivity index (χ0n) is 17.7. The Hall–Kier alpha value is -3.45. The van der Waals surface area contributed by atoms with Crippen molar-refractivity contribution in [1.29, 1.82) is 0 Å². The summed E-state index contributed by atoms with van der Waals surface area (Å²) in [6.07, 6.45) is 1.18. The van der Waals surface area contributed by atoms with Gasteiger partial charge in [-0.25, -0.2) is 13.4 Å². The van der Waals surface area contributed by atoms with Crippen LogP contribution in [0.25, 0.3) is 22.2 Å². The topological polar surface area (TPSA) is 72.3 Å². The van der Waals surface area contributed by atoms with Gasteiger partial charge in [0, 0.05) is 19.3 Å². The summed E-state index contributed by atoms with van der Waals surface area (Å²) in [5, 5.41) is 0. The molecule has 0 aliphatic carbocycles. The summed E-state index contributed by atoms with van der Waals surface area (Å²) >= 11 is 0. The number of fused-ring (bicyclic) bond motifs is 4. The minimum Gasteiger partial charge on any atom is -0.332 e. The van der Waals surface area contributed by atoms with E-state index < -0.39 is 9.84 Å². The second kappa shape index (κ2) is 7.91. The maximum Gasteiger partial charge on any atom is 0.243 e.